The predicted molar refractivity (Wildman–Crippen MR) is 90.4 cm³/mol. The van der Waals surface area contributed by atoms with Gasteiger partial charge in [0.25, 0.3) is 0 Å². The molecule has 6 fully saturated rings. The number of carbonyl (C=O) groups excluding carboxylic acids is 3. The number of rotatable bonds is 0. The number of likely N-dealkylation sites (tertiary alicyclic amines) is 1. The van der Waals surface area contributed by atoms with Gasteiger partial charge >= 0.3 is 0 Å². The lowest BCUT2D eigenvalue weighted by molar-refractivity contribution is -0.184. The number of piperidine rings is 2. The van der Waals surface area contributed by atoms with Crippen LogP contribution in [0.3, 0.4) is 0 Å². The highest BCUT2D eigenvalue weighted by Gasteiger charge is 2.79. The third-order valence-corrected chi connectivity index (χ3v) is 8.90. The Balaban J connectivity index is 1.69. The lowest BCUT2D eigenvalue weighted by atomic mass is 9.58. The summed E-state index contributed by atoms with van der Waals surface area (Å²) in [6, 6.07) is 0. The number of fused-ring (bicyclic) bond motifs is 1. The van der Waals surface area contributed by atoms with Crippen molar-refractivity contribution in [2.45, 2.75) is 57.0 Å². The van der Waals surface area contributed by atoms with E-state index in [2.05, 4.69) is 18.7 Å². The van der Waals surface area contributed by atoms with Crippen LogP contribution in [0.15, 0.2) is 0 Å². The first-order chi connectivity index (χ1) is 11.6. The third-order valence-electron chi connectivity index (χ3n) is 8.90. The molecular weight excluding hydrogens is 318 g/mol. The molecule has 3 spiro atoms. The molecule has 1 aliphatic carbocycles. The number of hydrogen-bond acceptors (Lipinski definition) is 4. The third kappa shape index (κ3) is 1.37. The summed E-state index contributed by atoms with van der Waals surface area (Å²) in [4.78, 5) is 44.6. The normalized spacial score (nSPS) is 48.0. The van der Waals surface area contributed by atoms with Gasteiger partial charge in [-0.1, -0.05) is 13.8 Å². The van der Waals surface area contributed by atoms with E-state index in [1.54, 1.807) is 7.05 Å². The fraction of sp³-hybridized carbons (Fsp3) is 0.842. The number of piperazine rings is 1. The first-order valence-electron chi connectivity index (χ1n) is 9.47. The SMILES string of the molecule is CN1C(=O)C[C@]2(CC34CN5CCC[C@]5(C[C@H]3C2(C)C)C(=O)N4C)C1=O. The highest BCUT2D eigenvalue weighted by molar-refractivity contribution is 6.06. The molecule has 1 unspecified atom stereocenters. The number of nitrogens with zero attached hydrogens (tertiary/aromatic N) is 3. The molecule has 2 bridgehead atoms. The summed E-state index contributed by atoms with van der Waals surface area (Å²) in [5, 5.41) is 0. The Morgan fingerprint density at radius 2 is 1.80 bits per heavy atom. The van der Waals surface area contributed by atoms with Crippen LogP contribution >= 0.6 is 0 Å². The Hall–Kier alpha value is -1.43. The van der Waals surface area contributed by atoms with E-state index in [0.29, 0.717) is 12.8 Å². The maximum absolute atomic E-state index is 13.3. The largest absolute Gasteiger partial charge is 0.337 e. The van der Waals surface area contributed by atoms with Crippen molar-refractivity contribution in [1.29, 1.82) is 0 Å². The zero-order chi connectivity index (χ0) is 18.0. The van der Waals surface area contributed by atoms with Gasteiger partial charge < -0.3 is 4.90 Å². The molecule has 25 heavy (non-hydrogen) atoms. The summed E-state index contributed by atoms with van der Waals surface area (Å²) in [7, 11) is 3.55. The van der Waals surface area contributed by atoms with Crippen molar-refractivity contribution in [3.8, 4) is 0 Å². The molecule has 0 radical (unpaired) electrons. The van der Waals surface area contributed by atoms with Gasteiger partial charge in [-0.15, -0.1) is 0 Å². The van der Waals surface area contributed by atoms with Crippen LogP contribution in [-0.2, 0) is 14.4 Å². The highest BCUT2D eigenvalue weighted by atomic mass is 16.2. The molecule has 6 rings (SSSR count). The van der Waals surface area contributed by atoms with Crippen molar-refractivity contribution in [2.24, 2.45) is 16.7 Å². The standard InChI is InChI=1S/C19H27N3O3/c1-16(2)12-8-18-6-5-7-22(18)11-19(12,21(4)15(18)25)10-17(16)9-13(23)20(3)14(17)24/h12H,5-11H2,1-4H3/t12-,17-,18-,19?/m0/s1. The number of carbonyl (C=O) groups is 3. The summed E-state index contributed by atoms with van der Waals surface area (Å²) in [6.45, 7) is 6.18. The predicted octanol–water partition coefficient (Wildman–Crippen LogP) is 0.857. The number of likely N-dealkylation sites (N-methyl/N-ethyl adjacent to an activating group) is 1. The minimum atomic E-state index is -0.663. The Bertz CT molecular complexity index is 733. The van der Waals surface area contributed by atoms with E-state index in [-0.39, 0.29) is 40.1 Å². The first-order valence-corrected chi connectivity index (χ1v) is 9.47. The molecular formula is C19H27N3O3. The van der Waals surface area contributed by atoms with E-state index in [9.17, 15) is 14.4 Å². The second-order valence-corrected chi connectivity index (χ2v) is 9.70. The fourth-order valence-corrected chi connectivity index (χ4v) is 7.38. The first kappa shape index (κ1) is 15.8. The monoisotopic (exact) mass is 345 g/mol. The van der Waals surface area contributed by atoms with Crippen LogP contribution in [0.5, 0.6) is 0 Å². The molecule has 5 aliphatic heterocycles. The van der Waals surface area contributed by atoms with Crippen LogP contribution in [0, 0.1) is 16.7 Å². The van der Waals surface area contributed by atoms with Crippen LogP contribution in [0.2, 0.25) is 0 Å². The van der Waals surface area contributed by atoms with Crippen LogP contribution in [-0.4, -0.2) is 70.7 Å². The topological polar surface area (TPSA) is 60.9 Å². The van der Waals surface area contributed by atoms with E-state index in [1.807, 2.05) is 11.9 Å². The van der Waals surface area contributed by atoms with Crippen molar-refractivity contribution < 1.29 is 14.4 Å². The van der Waals surface area contributed by atoms with Crippen LogP contribution in [0.4, 0.5) is 0 Å². The minimum absolute atomic E-state index is 0.0340. The Morgan fingerprint density at radius 1 is 1.08 bits per heavy atom. The van der Waals surface area contributed by atoms with Gasteiger partial charge in [-0.25, -0.2) is 0 Å². The van der Waals surface area contributed by atoms with E-state index in [0.717, 1.165) is 32.4 Å². The summed E-state index contributed by atoms with van der Waals surface area (Å²) in [5.74, 6) is 0.398. The summed E-state index contributed by atoms with van der Waals surface area (Å²) in [5.41, 5.74) is -1.63. The molecule has 6 heteroatoms. The summed E-state index contributed by atoms with van der Waals surface area (Å²) in [6.07, 6.45) is 3.77. The van der Waals surface area contributed by atoms with Gasteiger partial charge in [0.2, 0.25) is 17.7 Å². The molecule has 136 valence electrons. The average Bonchev–Trinajstić information content (AvgIpc) is 3.13. The number of amides is 3. The summed E-state index contributed by atoms with van der Waals surface area (Å²) < 4.78 is 0. The van der Waals surface area contributed by atoms with Crippen molar-refractivity contribution in [1.82, 2.24) is 14.7 Å². The van der Waals surface area contributed by atoms with Crippen LogP contribution < -0.4 is 0 Å². The van der Waals surface area contributed by atoms with E-state index < -0.39 is 5.41 Å². The van der Waals surface area contributed by atoms with E-state index in [1.165, 1.54) is 4.90 Å². The lowest BCUT2D eigenvalue weighted by Crippen LogP contribution is -2.78. The molecule has 3 amide bonds. The Labute approximate surface area is 148 Å². The molecule has 6 aliphatic rings. The van der Waals surface area contributed by atoms with Gasteiger partial charge in [-0.2, -0.15) is 0 Å². The van der Waals surface area contributed by atoms with Crippen molar-refractivity contribution >= 4 is 17.7 Å². The Morgan fingerprint density at radius 3 is 2.44 bits per heavy atom. The Kier molecular flexibility index (Phi) is 2.59. The summed E-state index contributed by atoms with van der Waals surface area (Å²) >= 11 is 0. The van der Waals surface area contributed by atoms with Gasteiger partial charge in [0.1, 0.15) is 5.54 Å². The van der Waals surface area contributed by atoms with Crippen molar-refractivity contribution in [3.63, 3.8) is 0 Å². The molecule has 1 saturated carbocycles. The zero-order valence-electron chi connectivity index (χ0n) is 15.6. The zero-order valence-corrected chi connectivity index (χ0v) is 15.6. The molecule has 5 saturated heterocycles. The molecule has 6 nitrogen and oxygen atoms in total. The van der Waals surface area contributed by atoms with Gasteiger partial charge in [0.15, 0.2) is 0 Å². The van der Waals surface area contributed by atoms with Crippen molar-refractivity contribution in [3.05, 3.63) is 0 Å². The minimum Gasteiger partial charge on any atom is -0.337 e. The van der Waals surface area contributed by atoms with E-state index >= 15 is 0 Å². The van der Waals surface area contributed by atoms with Crippen LogP contribution in [0.1, 0.15) is 46.0 Å². The molecule has 0 aromatic carbocycles. The maximum atomic E-state index is 13.3. The molecule has 0 N–H and O–H groups in total. The average molecular weight is 345 g/mol. The van der Waals surface area contributed by atoms with Crippen molar-refractivity contribution in [2.75, 3.05) is 27.2 Å². The second-order valence-electron chi connectivity index (χ2n) is 9.70. The molecule has 4 atom stereocenters. The molecule has 0 aromatic rings. The van der Waals surface area contributed by atoms with Gasteiger partial charge in [0, 0.05) is 27.1 Å². The molecule has 5 heterocycles. The van der Waals surface area contributed by atoms with Gasteiger partial charge in [-0.05, 0) is 43.6 Å². The van der Waals surface area contributed by atoms with Crippen LogP contribution in [0.25, 0.3) is 0 Å². The second kappa shape index (κ2) is 4.11. The number of imide groups is 1. The highest BCUT2D eigenvalue weighted by Crippen LogP contribution is 2.71. The smallest absolute Gasteiger partial charge is 0.243 e. The maximum Gasteiger partial charge on any atom is 0.243 e. The number of hydrogen-bond donors (Lipinski definition) is 0. The van der Waals surface area contributed by atoms with Gasteiger partial charge in [-0.3, -0.25) is 24.2 Å². The van der Waals surface area contributed by atoms with Gasteiger partial charge in [0.05, 0.1) is 11.0 Å². The fourth-order valence-electron chi connectivity index (χ4n) is 7.38. The quantitative estimate of drug-likeness (QED) is 0.611. The molecule has 0 aromatic heterocycles. The lowest BCUT2D eigenvalue weighted by Gasteiger charge is -2.64. The van der Waals surface area contributed by atoms with E-state index in [4.69, 9.17) is 0 Å².